The average molecular weight is 397 g/mol. The predicted molar refractivity (Wildman–Crippen MR) is 75.6 cm³/mol. The highest BCUT2D eigenvalue weighted by molar-refractivity contribution is 6.03. The van der Waals surface area contributed by atoms with Crippen LogP contribution in [0.1, 0.15) is 18.4 Å². The number of amides is 1. The number of rotatable bonds is 4. The third-order valence-corrected chi connectivity index (χ3v) is 3.81. The SMILES string of the molecule is N#CCC(=O)N1N=C(c2ccccc2)C[C@]1(O)C(F)(F)C(F)(F)C(F)(F)F. The second kappa shape index (κ2) is 6.49. The van der Waals surface area contributed by atoms with Crippen LogP contribution >= 0.6 is 0 Å². The van der Waals surface area contributed by atoms with Crippen molar-refractivity contribution in [3.05, 3.63) is 35.9 Å². The Bertz CT molecular complexity index is 802. The molecule has 5 nitrogen and oxygen atoms in total. The summed E-state index contributed by atoms with van der Waals surface area (Å²) in [5, 5.41) is 21.4. The zero-order valence-corrected chi connectivity index (χ0v) is 13.1. The summed E-state index contributed by atoms with van der Waals surface area (Å²) in [5.41, 5.74) is -4.85. The van der Waals surface area contributed by atoms with Gasteiger partial charge in [-0.1, -0.05) is 30.3 Å². The molecule has 0 aliphatic carbocycles. The molecule has 0 saturated heterocycles. The molecular weight excluding hydrogens is 387 g/mol. The topological polar surface area (TPSA) is 76.7 Å². The molecule has 0 saturated carbocycles. The molecule has 12 heteroatoms. The van der Waals surface area contributed by atoms with Crippen molar-refractivity contribution in [2.24, 2.45) is 5.10 Å². The molecule has 0 spiro atoms. The minimum atomic E-state index is -6.72. The van der Waals surface area contributed by atoms with E-state index in [2.05, 4.69) is 5.10 Å². The monoisotopic (exact) mass is 397 g/mol. The van der Waals surface area contributed by atoms with E-state index in [-0.39, 0.29) is 5.56 Å². The Morgan fingerprint density at radius 1 is 1.19 bits per heavy atom. The van der Waals surface area contributed by atoms with Gasteiger partial charge in [0.15, 0.2) is 0 Å². The lowest BCUT2D eigenvalue weighted by molar-refractivity contribution is -0.401. The summed E-state index contributed by atoms with van der Waals surface area (Å²) in [6.07, 6.45) is -9.40. The Kier molecular flexibility index (Phi) is 4.96. The van der Waals surface area contributed by atoms with E-state index in [1.807, 2.05) is 0 Å². The molecule has 1 heterocycles. The molecule has 0 bridgehead atoms. The van der Waals surface area contributed by atoms with E-state index in [1.165, 1.54) is 36.4 Å². The lowest BCUT2D eigenvalue weighted by Crippen LogP contribution is -2.69. The molecule has 1 aliphatic heterocycles. The fourth-order valence-corrected chi connectivity index (χ4v) is 2.42. The van der Waals surface area contributed by atoms with E-state index in [0.29, 0.717) is 0 Å². The molecule has 1 aromatic carbocycles. The summed E-state index contributed by atoms with van der Waals surface area (Å²) in [6, 6.07) is 8.03. The van der Waals surface area contributed by atoms with E-state index in [0.717, 1.165) is 0 Å². The number of nitriles is 1. The van der Waals surface area contributed by atoms with Crippen LogP contribution in [-0.4, -0.2) is 45.5 Å². The average Bonchev–Trinajstić information content (AvgIpc) is 2.94. The van der Waals surface area contributed by atoms with Gasteiger partial charge in [0.05, 0.1) is 11.8 Å². The van der Waals surface area contributed by atoms with Crippen LogP contribution in [0.25, 0.3) is 0 Å². The van der Waals surface area contributed by atoms with Crippen molar-refractivity contribution in [2.45, 2.75) is 36.6 Å². The van der Waals surface area contributed by atoms with E-state index < -0.39 is 53.2 Å². The summed E-state index contributed by atoms with van der Waals surface area (Å²) < 4.78 is 93.0. The first-order valence-corrected chi connectivity index (χ1v) is 7.17. The van der Waals surface area contributed by atoms with Gasteiger partial charge in [-0.05, 0) is 5.56 Å². The largest absolute Gasteiger partial charge is 0.460 e. The van der Waals surface area contributed by atoms with Gasteiger partial charge in [0.2, 0.25) is 5.72 Å². The fourth-order valence-electron chi connectivity index (χ4n) is 2.42. The Morgan fingerprint density at radius 2 is 1.74 bits per heavy atom. The van der Waals surface area contributed by atoms with Gasteiger partial charge < -0.3 is 5.11 Å². The number of aliphatic hydroxyl groups is 1. The number of carbonyl (C=O) groups is 1. The molecule has 146 valence electrons. The lowest BCUT2D eigenvalue weighted by Gasteiger charge is -2.41. The maximum atomic E-state index is 14.3. The summed E-state index contributed by atoms with van der Waals surface area (Å²) in [4.78, 5) is 11.8. The van der Waals surface area contributed by atoms with Crippen molar-refractivity contribution in [2.75, 3.05) is 0 Å². The molecule has 1 N–H and O–H groups in total. The van der Waals surface area contributed by atoms with Gasteiger partial charge in [0.1, 0.15) is 6.42 Å². The van der Waals surface area contributed by atoms with Gasteiger partial charge in [-0.15, -0.1) is 0 Å². The molecule has 0 fully saturated rings. The van der Waals surface area contributed by atoms with Crippen LogP contribution in [0, 0.1) is 11.3 Å². The van der Waals surface area contributed by atoms with E-state index in [4.69, 9.17) is 5.26 Å². The number of hydrogen-bond acceptors (Lipinski definition) is 4. The van der Waals surface area contributed by atoms with Gasteiger partial charge in [-0.25, -0.2) is 0 Å². The van der Waals surface area contributed by atoms with Crippen molar-refractivity contribution in [1.82, 2.24) is 5.01 Å². The van der Waals surface area contributed by atoms with Gasteiger partial charge in [-0.3, -0.25) is 4.79 Å². The molecule has 0 aromatic heterocycles. The number of alkyl halides is 7. The van der Waals surface area contributed by atoms with Crippen LogP contribution < -0.4 is 0 Å². The molecule has 1 amide bonds. The summed E-state index contributed by atoms with van der Waals surface area (Å²) in [7, 11) is 0. The van der Waals surface area contributed by atoms with Crippen molar-refractivity contribution in [3.8, 4) is 6.07 Å². The second-order valence-corrected chi connectivity index (χ2v) is 5.59. The third kappa shape index (κ3) is 3.12. The molecule has 1 aliphatic rings. The Labute approximate surface area is 147 Å². The summed E-state index contributed by atoms with van der Waals surface area (Å²) >= 11 is 0. The van der Waals surface area contributed by atoms with Gasteiger partial charge in [0.25, 0.3) is 5.91 Å². The first-order valence-electron chi connectivity index (χ1n) is 7.17. The number of nitrogens with zero attached hydrogens (tertiary/aromatic N) is 3. The van der Waals surface area contributed by atoms with Crippen molar-refractivity contribution >= 4 is 11.6 Å². The van der Waals surface area contributed by atoms with Crippen LogP contribution in [0.5, 0.6) is 0 Å². The molecule has 1 aromatic rings. The summed E-state index contributed by atoms with van der Waals surface area (Å²) in [6.45, 7) is 0. The number of hydrogen-bond donors (Lipinski definition) is 1. The van der Waals surface area contributed by atoms with Crippen LogP contribution in [0.4, 0.5) is 30.7 Å². The molecule has 1 atom stereocenters. The fraction of sp³-hybridized carbons (Fsp3) is 0.400. The van der Waals surface area contributed by atoms with Crippen molar-refractivity contribution in [3.63, 3.8) is 0 Å². The molecule has 2 rings (SSSR count). The zero-order valence-electron chi connectivity index (χ0n) is 13.1. The van der Waals surface area contributed by atoms with Gasteiger partial charge in [-0.2, -0.15) is 46.1 Å². The number of carbonyl (C=O) groups excluding carboxylic acids is 1. The minimum absolute atomic E-state index is 0.00862. The smallest absolute Gasteiger partial charge is 0.364 e. The molecule has 27 heavy (non-hydrogen) atoms. The highest BCUT2D eigenvalue weighted by Gasteiger charge is 2.82. The Balaban J connectivity index is 2.59. The van der Waals surface area contributed by atoms with Gasteiger partial charge >= 0.3 is 18.0 Å². The Hall–Kier alpha value is -2.68. The van der Waals surface area contributed by atoms with Crippen LogP contribution in [0.15, 0.2) is 35.4 Å². The van der Waals surface area contributed by atoms with Crippen LogP contribution in [0.3, 0.4) is 0 Å². The lowest BCUT2D eigenvalue weighted by atomic mass is 9.91. The maximum absolute atomic E-state index is 14.3. The number of benzene rings is 1. The van der Waals surface area contributed by atoms with E-state index in [1.54, 1.807) is 0 Å². The predicted octanol–water partition coefficient (Wildman–Crippen LogP) is 3.06. The molecule has 0 unspecified atom stereocenters. The van der Waals surface area contributed by atoms with Crippen LogP contribution in [-0.2, 0) is 4.79 Å². The maximum Gasteiger partial charge on any atom is 0.460 e. The minimum Gasteiger partial charge on any atom is -0.364 e. The number of hydrazone groups is 1. The highest BCUT2D eigenvalue weighted by Crippen LogP contribution is 2.54. The Morgan fingerprint density at radius 3 is 2.22 bits per heavy atom. The molecular formula is C15H10F7N3O2. The third-order valence-electron chi connectivity index (χ3n) is 3.81. The number of halogens is 7. The van der Waals surface area contributed by atoms with Crippen LogP contribution in [0.2, 0.25) is 0 Å². The normalized spacial score (nSPS) is 21.0. The summed E-state index contributed by atoms with van der Waals surface area (Å²) in [5.74, 6) is -14.5. The van der Waals surface area contributed by atoms with E-state index in [9.17, 15) is 40.6 Å². The molecule has 0 radical (unpaired) electrons. The zero-order chi connectivity index (χ0) is 20.7. The van der Waals surface area contributed by atoms with Crippen molar-refractivity contribution < 1.29 is 40.6 Å². The quantitative estimate of drug-likeness (QED) is 0.794. The van der Waals surface area contributed by atoms with Crippen molar-refractivity contribution in [1.29, 1.82) is 5.26 Å². The highest BCUT2D eigenvalue weighted by atomic mass is 19.4. The van der Waals surface area contributed by atoms with Gasteiger partial charge in [0, 0.05) is 6.42 Å². The standard InChI is InChI=1S/C15H10F7N3O2/c16-13(17,14(18,19)15(20,21)22)12(27)8-10(9-4-2-1-3-5-9)24-25(12)11(26)6-7-23/h1-5,27H,6,8H2/t12-/m0/s1. The second-order valence-electron chi connectivity index (χ2n) is 5.59. The first-order chi connectivity index (χ1) is 12.3. The first kappa shape index (κ1) is 20.6. The van der Waals surface area contributed by atoms with E-state index >= 15 is 0 Å².